The van der Waals surface area contributed by atoms with Crippen molar-refractivity contribution in [3.63, 3.8) is 0 Å². The Labute approximate surface area is 155 Å². The van der Waals surface area contributed by atoms with Crippen molar-refractivity contribution < 1.29 is 9.47 Å². The number of rotatable bonds is 4. The van der Waals surface area contributed by atoms with E-state index in [0.717, 1.165) is 16.8 Å². The summed E-state index contributed by atoms with van der Waals surface area (Å²) < 4.78 is 12.0. The first-order chi connectivity index (χ1) is 13.1. The Bertz CT molecular complexity index is 1190. The summed E-state index contributed by atoms with van der Waals surface area (Å²) in [5, 5.41) is 3.09. The molecule has 3 aromatic heterocycles. The fraction of sp³-hybridized carbons (Fsp3) is 0.150. The molecule has 0 saturated carbocycles. The second-order valence-corrected chi connectivity index (χ2v) is 6.08. The first-order valence-corrected chi connectivity index (χ1v) is 8.38. The number of aryl methyl sites for hydroxylation is 1. The lowest BCUT2D eigenvalue weighted by Crippen LogP contribution is -2.14. The lowest BCUT2D eigenvalue weighted by molar-refractivity contribution is 0.355. The van der Waals surface area contributed by atoms with Gasteiger partial charge in [-0.15, -0.1) is 0 Å². The fourth-order valence-electron chi connectivity index (χ4n) is 3.02. The predicted molar refractivity (Wildman–Crippen MR) is 102 cm³/mol. The van der Waals surface area contributed by atoms with Crippen LogP contribution in [0.5, 0.6) is 11.5 Å². The molecule has 4 aromatic rings. The largest absolute Gasteiger partial charge is 0.493 e. The monoisotopic (exact) mass is 362 g/mol. The Morgan fingerprint density at radius 2 is 1.85 bits per heavy atom. The Morgan fingerprint density at radius 1 is 1.04 bits per heavy atom. The quantitative estimate of drug-likeness (QED) is 0.603. The van der Waals surface area contributed by atoms with E-state index in [2.05, 4.69) is 15.1 Å². The van der Waals surface area contributed by atoms with Gasteiger partial charge in [-0.25, -0.2) is 9.50 Å². The van der Waals surface area contributed by atoms with E-state index in [-0.39, 0.29) is 5.56 Å². The van der Waals surface area contributed by atoms with Gasteiger partial charge < -0.3 is 9.47 Å². The van der Waals surface area contributed by atoms with Crippen LogP contribution in [0.2, 0.25) is 0 Å². The number of aromatic nitrogens is 4. The average molecular weight is 362 g/mol. The van der Waals surface area contributed by atoms with E-state index in [1.165, 1.54) is 10.6 Å². The number of ether oxygens (including phenoxy) is 2. The molecule has 0 fully saturated rings. The van der Waals surface area contributed by atoms with Crippen molar-refractivity contribution in [3.05, 3.63) is 64.6 Å². The molecule has 0 atom stereocenters. The van der Waals surface area contributed by atoms with E-state index in [9.17, 15) is 4.79 Å². The standard InChI is InChI=1S/C20H18N4O3/c1-12-5-4-8-21-20(12)15-11-19(25)24-18(22-15)10-14(23-24)13-6-7-16(26-2)17(9-13)27-3/h4-11,23H,1-3H3. The van der Waals surface area contributed by atoms with Crippen molar-refractivity contribution >= 4 is 5.65 Å². The van der Waals surface area contributed by atoms with E-state index in [4.69, 9.17) is 9.47 Å². The number of methoxy groups -OCH3 is 2. The first-order valence-electron chi connectivity index (χ1n) is 8.38. The van der Waals surface area contributed by atoms with Crippen LogP contribution in [0.3, 0.4) is 0 Å². The Morgan fingerprint density at radius 3 is 2.59 bits per heavy atom. The minimum absolute atomic E-state index is 0.202. The molecule has 0 aliphatic rings. The molecule has 27 heavy (non-hydrogen) atoms. The summed E-state index contributed by atoms with van der Waals surface area (Å²) in [6, 6.07) is 12.7. The molecule has 7 nitrogen and oxygen atoms in total. The SMILES string of the molecule is COc1ccc(-c2cc3nc(-c4ncccc4C)cc(=O)n3[nH]2)cc1OC. The summed E-state index contributed by atoms with van der Waals surface area (Å²) in [7, 11) is 3.17. The summed E-state index contributed by atoms with van der Waals surface area (Å²) in [6.45, 7) is 1.94. The van der Waals surface area contributed by atoms with Gasteiger partial charge in [-0.1, -0.05) is 6.07 Å². The molecular formula is C20H18N4O3. The summed E-state index contributed by atoms with van der Waals surface area (Å²) in [5.41, 5.74) is 4.13. The number of H-pyrrole nitrogens is 1. The molecule has 0 saturated heterocycles. The van der Waals surface area contributed by atoms with Gasteiger partial charge in [-0.2, -0.15) is 0 Å². The molecule has 7 heteroatoms. The maximum Gasteiger partial charge on any atom is 0.273 e. The number of hydrogen-bond donors (Lipinski definition) is 1. The van der Waals surface area contributed by atoms with Gasteiger partial charge in [-0.3, -0.25) is 14.9 Å². The zero-order valence-corrected chi connectivity index (χ0v) is 15.2. The van der Waals surface area contributed by atoms with Gasteiger partial charge in [0, 0.05) is 23.9 Å². The molecule has 0 aliphatic heterocycles. The van der Waals surface area contributed by atoms with Gasteiger partial charge in [0.1, 0.15) is 0 Å². The minimum atomic E-state index is -0.202. The topological polar surface area (TPSA) is 81.5 Å². The van der Waals surface area contributed by atoms with Crippen LogP contribution in [0.1, 0.15) is 5.56 Å². The Balaban J connectivity index is 1.85. The molecule has 3 heterocycles. The molecule has 136 valence electrons. The van der Waals surface area contributed by atoms with E-state index in [0.29, 0.717) is 28.5 Å². The van der Waals surface area contributed by atoms with Crippen LogP contribution in [0.15, 0.2) is 53.5 Å². The van der Waals surface area contributed by atoms with Gasteiger partial charge in [0.2, 0.25) is 0 Å². The number of benzene rings is 1. The molecular weight excluding hydrogens is 344 g/mol. The molecule has 0 spiro atoms. The molecule has 4 rings (SSSR count). The molecule has 0 radical (unpaired) electrons. The van der Waals surface area contributed by atoms with E-state index in [1.54, 1.807) is 20.4 Å². The smallest absolute Gasteiger partial charge is 0.273 e. The van der Waals surface area contributed by atoms with Crippen molar-refractivity contribution in [2.24, 2.45) is 0 Å². The van der Waals surface area contributed by atoms with Gasteiger partial charge in [0.25, 0.3) is 5.56 Å². The predicted octanol–water partition coefficient (Wildman–Crippen LogP) is 3.08. The van der Waals surface area contributed by atoms with Gasteiger partial charge >= 0.3 is 0 Å². The highest BCUT2D eigenvalue weighted by molar-refractivity contribution is 5.69. The van der Waals surface area contributed by atoms with E-state index < -0.39 is 0 Å². The third-order valence-corrected chi connectivity index (χ3v) is 4.40. The molecule has 1 N–H and O–H groups in total. The summed E-state index contributed by atoms with van der Waals surface area (Å²) in [5.74, 6) is 1.25. The minimum Gasteiger partial charge on any atom is -0.493 e. The number of aromatic amines is 1. The summed E-state index contributed by atoms with van der Waals surface area (Å²) in [4.78, 5) is 21.5. The number of nitrogens with one attached hydrogen (secondary N) is 1. The van der Waals surface area contributed by atoms with Crippen LogP contribution in [0.25, 0.3) is 28.3 Å². The molecule has 0 aliphatic carbocycles. The second kappa shape index (κ2) is 6.60. The molecule has 0 unspecified atom stereocenters. The van der Waals surface area contributed by atoms with Crippen LogP contribution in [0, 0.1) is 6.92 Å². The van der Waals surface area contributed by atoms with Crippen molar-refractivity contribution in [2.75, 3.05) is 14.2 Å². The fourth-order valence-corrected chi connectivity index (χ4v) is 3.02. The summed E-state index contributed by atoms with van der Waals surface area (Å²) in [6.07, 6.45) is 1.69. The van der Waals surface area contributed by atoms with Crippen LogP contribution < -0.4 is 15.0 Å². The normalized spacial score (nSPS) is 10.9. The number of pyridine rings is 1. The first kappa shape index (κ1) is 16.8. The number of nitrogens with zero attached hydrogens (tertiary/aromatic N) is 3. The van der Waals surface area contributed by atoms with Crippen molar-refractivity contribution in [2.45, 2.75) is 6.92 Å². The second-order valence-electron chi connectivity index (χ2n) is 6.08. The number of fused-ring (bicyclic) bond motifs is 1. The Kier molecular flexibility index (Phi) is 4.12. The van der Waals surface area contributed by atoms with Crippen molar-refractivity contribution in [1.29, 1.82) is 0 Å². The van der Waals surface area contributed by atoms with Crippen LogP contribution >= 0.6 is 0 Å². The zero-order valence-electron chi connectivity index (χ0n) is 15.2. The zero-order chi connectivity index (χ0) is 19.0. The van der Waals surface area contributed by atoms with Crippen molar-refractivity contribution in [1.82, 2.24) is 19.6 Å². The van der Waals surface area contributed by atoms with E-state index >= 15 is 0 Å². The highest BCUT2D eigenvalue weighted by Gasteiger charge is 2.13. The summed E-state index contributed by atoms with van der Waals surface area (Å²) >= 11 is 0. The van der Waals surface area contributed by atoms with Crippen molar-refractivity contribution in [3.8, 4) is 34.1 Å². The third-order valence-electron chi connectivity index (χ3n) is 4.40. The van der Waals surface area contributed by atoms with Crippen LogP contribution in [0.4, 0.5) is 0 Å². The van der Waals surface area contributed by atoms with E-state index in [1.807, 2.05) is 43.3 Å². The van der Waals surface area contributed by atoms with Gasteiger partial charge in [0.15, 0.2) is 17.1 Å². The number of hydrogen-bond acceptors (Lipinski definition) is 5. The third kappa shape index (κ3) is 2.93. The lowest BCUT2D eigenvalue weighted by atomic mass is 10.1. The van der Waals surface area contributed by atoms with Crippen LogP contribution in [-0.4, -0.2) is 33.8 Å². The lowest BCUT2D eigenvalue weighted by Gasteiger charge is -2.08. The maximum absolute atomic E-state index is 12.6. The van der Waals surface area contributed by atoms with Crippen LogP contribution in [-0.2, 0) is 0 Å². The molecule has 0 amide bonds. The van der Waals surface area contributed by atoms with Gasteiger partial charge in [0.05, 0.1) is 31.3 Å². The average Bonchev–Trinajstić information content (AvgIpc) is 3.12. The van der Waals surface area contributed by atoms with Gasteiger partial charge in [-0.05, 0) is 36.8 Å². The maximum atomic E-state index is 12.6. The highest BCUT2D eigenvalue weighted by Crippen LogP contribution is 2.32. The molecule has 0 bridgehead atoms. The molecule has 1 aromatic carbocycles. The highest BCUT2D eigenvalue weighted by atomic mass is 16.5. The Hall–Kier alpha value is -3.61.